The zero-order valence-electron chi connectivity index (χ0n) is 15.7. The third-order valence-electron chi connectivity index (χ3n) is 4.34. The van der Waals surface area contributed by atoms with Crippen LogP contribution in [0.1, 0.15) is 23.6 Å². The van der Waals surface area contributed by atoms with E-state index < -0.39 is 0 Å². The molecule has 0 aliphatic rings. The van der Waals surface area contributed by atoms with Gasteiger partial charge >= 0.3 is 6.03 Å². The Hall–Kier alpha value is -3.34. The van der Waals surface area contributed by atoms with Gasteiger partial charge in [0.15, 0.2) is 0 Å². The van der Waals surface area contributed by atoms with Crippen molar-refractivity contribution in [2.45, 2.75) is 27.2 Å². The van der Waals surface area contributed by atoms with Crippen molar-refractivity contribution >= 4 is 17.4 Å². The van der Waals surface area contributed by atoms with Crippen molar-refractivity contribution in [2.24, 2.45) is 0 Å². The first-order chi connectivity index (χ1) is 13.1. The molecule has 5 heteroatoms. The summed E-state index contributed by atoms with van der Waals surface area (Å²) in [6, 6.07) is 16.8. The lowest BCUT2D eigenvalue weighted by molar-refractivity contribution is 0.262. The molecule has 0 radical (unpaired) electrons. The van der Waals surface area contributed by atoms with E-state index >= 15 is 0 Å². The summed E-state index contributed by atoms with van der Waals surface area (Å²) in [6.45, 7) is 6.11. The number of aromatic nitrogens is 1. The molecule has 1 aromatic heterocycles. The first-order valence-corrected chi connectivity index (χ1v) is 8.93. The normalized spacial score (nSPS) is 10.3. The Morgan fingerprint density at radius 3 is 2.59 bits per heavy atom. The van der Waals surface area contributed by atoms with Gasteiger partial charge in [-0.25, -0.2) is 9.78 Å². The van der Waals surface area contributed by atoms with Crippen molar-refractivity contribution in [1.82, 2.24) is 4.98 Å². The Bertz CT molecular complexity index is 954. The smallest absolute Gasteiger partial charge is 0.323 e. The SMILES string of the molecule is CCc1ccccc1Oc1ncccc1NC(=O)Nc1ccc(C)c(C)c1. The number of nitrogens with zero attached hydrogens (tertiary/aromatic N) is 1. The van der Waals surface area contributed by atoms with E-state index in [4.69, 9.17) is 4.74 Å². The minimum atomic E-state index is -0.347. The number of anilines is 2. The Labute approximate surface area is 159 Å². The van der Waals surface area contributed by atoms with Gasteiger partial charge in [0.2, 0.25) is 5.88 Å². The van der Waals surface area contributed by atoms with Crippen LogP contribution in [-0.2, 0) is 6.42 Å². The molecule has 1 heterocycles. The topological polar surface area (TPSA) is 63.2 Å². The fourth-order valence-electron chi connectivity index (χ4n) is 2.67. The van der Waals surface area contributed by atoms with Gasteiger partial charge in [0.25, 0.3) is 0 Å². The highest BCUT2D eigenvalue weighted by molar-refractivity contribution is 6.00. The number of carbonyl (C=O) groups excluding carboxylic acids is 1. The number of pyridine rings is 1. The predicted octanol–water partition coefficient (Wildman–Crippen LogP) is 5.70. The molecule has 2 aromatic carbocycles. The zero-order valence-corrected chi connectivity index (χ0v) is 15.7. The number of hydrogen-bond donors (Lipinski definition) is 2. The molecule has 0 unspecified atom stereocenters. The second-order valence-corrected chi connectivity index (χ2v) is 6.30. The standard InChI is InChI=1S/C22H23N3O2/c1-4-17-8-5-6-10-20(17)27-21-19(9-7-13-23-21)25-22(26)24-18-12-11-15(2)16(3)14-18/h5-14H,4H2,1-3H3,(H2,24,25,26). The molecule has 0 spiro atoms. The number of hydrogen-bond acceptors (Lipinski definition) is 3. The van der Waals surface area contributed by atoms with Crippen LogP contribution in [0.4, 0.5) is 16.2 Å². The molecule has 0 atom stereocenters. The molecule has 0 saturated heterocycles. The lowest BCUT2D eigenvalue weighted by Crippen LogP contribution is -2.20. The zero-order chi connectivity index (χ0) is 19.2. The van der Waals surface area contributed by atoms with E-state index in [0.29, 0.717) is 11.6 Å². The number of amides is 2. The van der Waals surface area contributed by atoms with Crippen molar-refractivity contribution in [1.29, 1.82) is 0 Å². The third kappa shape index (κ3) is 4.64. The van der Waals surface area contributed by atoms with Crippen LogP contribution >= 0.6 is 0 Å². The summed E-state index contributed by atoms with van der Waals surface area (Å²) in [5.41, 5.74) is 4.62. The number of aryl methyl sites for hydroxylation is 3. The van der Waals surface area contributed by atoms with Gasteiger partial charge in [0.1, 0.15) is 11.4 Å². The fourth-order valence-corrected chi connectivity index (χ4v) is 2.67. The molecule has 0 aliphatic carbocycles. The Morgan fingerprint density at radius 1 is 1.00 bits per heavy atom. The lowest BCUT2D eigenvalue weighted by atomic mass is 10.1. The van der Waals surface area contributed by atoms with Gasteiger partial charge < -0.3 is 15.4 Å². The summed E-state index contributed by atoms with van der Waals surface area (Å²) in [4.78, 5) is 16.7. The van der Waals surface area contributed by atoms with E-state index in [9.17, 15) is 4.79 Å². The van der Waals surface area contributed by atoms with E-state index in [0.717, 1.165) is 29.0 Å². The van der Waals surface area contributed by atoms with E-state index in [1.54, 1.807) is 18.3 Å². The Morgan fingerprint density at radius 2 is 1.81 bits per heavy atom. The maximum atomic E-state index is 12.4. The van der Waals surface area contributed by atoms with Crippen LogP contribution in [0.25, 0.3) is 0 Å². The molecule has 0 saturated carbocycles. The molecule has 0 fully saturated rings. The molecular weight excluding hydrogens is 338 g/mol. The summed E-state index contributed by atoms with van der Waals surface area (Å²) in [7, 11) is 0. The highest BCUT2D eigenvalue weighted by Gasteiger charge is 2.11. The number of carbonyl (C=O) groups is 1. The number of rotatable bonds is 5. The van der Waals surface area contributed by atoms with Crippen LogP contribution in [0.3, 0.4) is 0 Å². The Kier molecular flexibility index (Phi) is 5.71. The van der Waals surface area contributed by atoms with Crippen molar-refractivity contribution in [3.05, 3.63) is 77.5 Å². The number of ether oxygens (including phenoxy) is 1. The largest absolute Gasteiger partial charge is 0.437 e. The quantitative estimate of drug-likeness (QED) is 0.613. The van der Waals surface area contributed by atoms with E-state index in [-0.39, 0.29) is 6.03 Å². The van der Waals surface area contributed by atoms with Crippen molar-refractivity contribution in [3.8, 4) is 11.6 Å². The number of benzene rings is 2. The van der Waals surface area contributed by atoms with Crippen LogP contribution in [0.5, 0.6) is 11.6 Å². The van der Waals surface area contributed by atoms with Crippen LogP contribution < -0.4 is 15.4 Å². The number of nitrogens with one attached hydrogen (secondary N) is 2. The van der Waals surface area contributed by atoms with Gasteiger partial charge in [-0.15, -0.1) is 0 Å². The van der Waals surface area contributed by atoms with Gasteiger partial charge in [-0.2, -0.15) is 0 Å². The van der Waals surface area contributed by atoms with Gasteiger partial charge in [-0.3, -0.25) is 0 Å². The van der Waals surface area contributed by atoms with Crippen LogP contribution in [0.2, 0.25) is 0 Å². The molecule has 3 rings (SSSR count). The molecule has 3 aromatic rings. The average Bonchev–Trinajstić information content (AvgIpc) is 2.67. The molecule has 2 amide bonds. The van der Waals surface area contributed by atoms with Crippen molar-refractivity contribution in [3.63, 3.8) is 0 Å². The molecule has 0 bridgehead atoms. The van der Waals surface area contributed by atoms with Gasteiger partial charge in [-0.1, -0.05) is 31.2 Å². The van der Waals surface area contributed by atoms with E-state index in [2.05, 4.69) is 22.5 Å². The number of para-hydroxylation sites is 1. The minimum Gasteiger partial charge on any atom is -0.437 e. The highest BCUT2D eigenvalue weighted by Crippen LogP contribution is 2.29. The third-order valence-corrected chi connectivity index (χ3v) is 4.34. The average molecular weight is 361 g/mol. The maximum Gasteiger partial charge on any atom is 0.323 e. The maximum absolute atomic E-state index is 12.4. The summed E-state index contributed by atoms with van der Waals surface area (Å²) < 4.78 is 5.96. The minimum absolute atomic E-state index is 0.347. The Balaban J connectivity index is 1.75. The van der Waals surface area contributed by atoms with Crippen molar-refractivity contribution < 1.29 is 9.53 Å². The summed E-state index contributed by atoms with van der Waals surface area (Å²) in [5.74, 6) is 1.09. The van der Waals surface area contributed by atoms with Gasteiger partial charge in [0.05, 0.1) is 0 Å². The van der Waals surface area contributed by atoms with Crippen LogP contribution in [-0.4, -0.2) is 11.0 Å². The first kappa shape index (κ1) is 18.5. The van der Waals surface area contributed by atoms with E-state index in [1.165, 1.54) is 5.56 Å². The first-order valence-electron chi connectivity index (χ1n) is 8.93. The molecular formula is C22H23N3O2. The predicted molar refractivity (Wildman–Crippen MR) is 109 cm³/mol. The summed E-state index contributed by atoms with van der Waals surface area (Å²) in [5, 5.41) is 5.65. The molecule has 27 heavy (non-hydrogen) atoms. The highest BCUT2D eigenvalue weighted by atomic mass is 16.5. The van der Waals surface area contributed by atoms with Crippen molar-refractivity contribution in [2.75, 3.05) is 10.6 Å². The van der Waals surface area contributed by atoms with Crippen LogP contribution in [0, 0.1) is 13.8 Å². The van der Waals surface area contributed by atoms with E-state index in [1.807, 2.05) is 56.3 Å². The monoisotopic (exact) mass is 361 g/mol. The molecule has 138 valence electrons. The molecule has 5 nitrogen and oxygen atoms in total. The lowest BCUT2D eigenvalue weighted by Gasteiger charge is -2.14. The van der Waals surface area contributed by atoms with Gasteiger partial charge in [-0.05, 0) is 67.3 Å². The van der Waals surface area contributed by atoms with Gasteiger partial charge in [0, 0.05) is 11.9 Å². The molecule has 2 N–H and O–H groups in total. The van der Waals surface area contributed by atoms with Crippen LogP contribution in [0.15, 0.2) is 60.8 Å². The number of urea groups is 1. The fraction of sp³-hybridized carbons (Fsp3) is 0.182. The summed E-state index contributed by atoms with van der Waals surface area (Å²) in [6.07, 6.45) is 2.48. The molecule has 0 aliphatic heterocycles. The second kappa shape index (κ2) is 8.36. The summed E-state index contributed by atoms with van der Waals surface area (Å²) >= 11 is 0. The second-order valence-electron chi connectivity index (χ2n) is 6.30.